The van der Waals surface area contributed by atoms with Crippen LogP contribution in [0.15, 0.2) is 24.3 Å². The van der Waals surface area contributed by atoms with Gasteiger partial charge in [-0.1, -0.05) is 23.7 Å². The lowest BCUT2D eigenvalue weighted by Crippen LogP contribution is -2.18. The molecule has 0 amide bonds. The van der Waals surface area contributed by atoms with Crippen LogP contribution in [-0.2, 0) is 0 Å². The highest BCUT2D eigenvalue weighted by atomic mass is 16.0. The van der Waals surface area contributed by atoms with E-state index in [2.05, 4.69) is 51.1 Å². The average Bonchev–Trinajstić information content (AvgIpc) is 1.88. The van der Waals surface area contributed by atoms with Crippen molar-refractivity contribution >= 4 is 19.0 Å². The minimum absolute atomic E-state index is 0. The second-order valence-corrected chi connectivity index (χ2v) is 2.68. The molecule has 0 atom stereocenters. The molecular weight excluding hydrogens is 153 g/mol. The van der Waals surface area contributed by atoms with Crippen molar-refractivity contribution in [3.8, 4) is 0 Å². The second kappa shape index (κ2) is 5.63. The van der Waals surface area contributed by atoms with Crippen LogP contribution in [0.3, 0.4) is 0 Å². The maximum atomic E-state index is 2.12. The summed E-state index contributed by atoms with van der Waals surface area (Å²) in [5.74, 6) is 0. The number of rotatable bonds is 1. The first-order chi connectivity index (χ1) is 4.72. The van der Waals surface area contributed by atoms with Gasteiger partial charge in [-0.15, -0.1) is 0 Å². The molecule has 0 bridgehead atoms. The summed E-state index contributed by atoms with van der Waals surface area (Å²) in [6.07, 6.45) is 0. The molecule has 1 aromatic carbocycles. The van der Waals surface area contributed by atoms with Crippen LogP contribution in [0.25, 0.3) is 0 Å². The summed E-state index contributed by atoms with van der Waals surface area (Å²) in [6.45, 7) is 0. The molecule has 0 aliphatic rings. The fourth-order valence-corrected chi connectivity index (χ4v) is 1.07. The second-order valence-electron chi connectivity index (χ2n) is 2.68. The van der Waals surface area contributed by atoms with Crippen molar-refractivity contribution in [1.29, 1.82) is 0 Å². The van der Waals surface area contributed by atoms with Gasteiger partial charge in [-0.05, 0) is 6.07 Å². The van der Waals surface area contributed by atoms with E-state index in [1.54, 1.807) is 0 Å². The molecule has 12 heavy (non-hydrogen) atoms. The number of benzene rings is 1. The lowest BCUT2D eigenvalue weighted by molar-refractivity contribution is 0.823. The normalized spacial score (nSPS) is 7.83. The third kappa shape index (κ3) is 2.94. The quantitative estimate of drug-likeness (QED) is 0.465. The van der Waals surface area contributed by atoms with E-state index in [-0.39, 0.29) is 11.0 Å². The first-order valence-electron chi connectivity index (χ1n) is 3.45. The summed E-state index contributed by atoms with van der Waals surface area (Å²) < 4.78 is 0. The molecule has 4 N–H and O–H groups in total. The van der Waals surface area contributed by atoms with Crippen molar-refractivity contribution in [1.82, 2.24) is 0 Å². The molecule has 0 aromatic heterocycles. The van der Waals surface area contributed by atoms with Crippen LogP contribution in [0, 0.1) is 0 Å². The molecule has 68 valence electrons. The topological polar surface area (TPSA) is 66.2 Å². The van der Waals surface area contributed by atoms with Gasteiger partial charge in [0.1, 0.15) is 7.85 Å². The van der Waals surface area contributed by atoms with Gasteiger partial charge in [-0.25, -0.2) is 0 Å². The van der Waals surface area contributed by atoms with Crippen LogP contribution in [0.5, 0.6) is 0 Å². The van der Waals surface area contributed by atoms with Gasteiger partial charge in [0.2, 0.25) is 0 Å². The van der Waals surface area contributed by atoms with Gasteiger partial charge >= 0.3 is 0 Å². The first-order valence-corrected chi connectivity index (χ1v) is 3.45. The lowest BCUT2D eigenvalue weighted by atomic mass is 9.94. The summed E-state index contributed by atoms with van der Waals surface area (Å²) in [5.41, 5.74) is 2.62. The van der Waals surface area contributed by atoms with Gasteiger partial charge < -0.3 is 15.9 Å². The van der Waals surface area contributed by atoms with E-state index in [9.17, 15) is 0 Å². The molecule has 0 fully saturated rings. The Hall–Kier alpha value is -0.995. The summed E-state index contributed by atoms with van der Waals surface area (Å²) in [4.78, 5) is 2.12. The van der Waals surface area contributed by atoms with Crippen LogP contribution >= 0.6 is 0 Å². The average molecular weight is 169 g/mol. The van der Waals surface area contributed by atoms with Gasteiger partial charge in [-0.3, -0.25) is 0 Å². The standard InChI is InChI=1S/C8H12BN.2H2O/c1-10(2)8-6-4-3-5-7(8)9;;/h3-6H,9H2,1-2H3;2*1H2. The van der Waals surface area contributed by atoms with E-state index in [1.165, 1.54) is 11.2 Å². The van der Waals surface area contributed by atoms with Gasteiger partial charge in [0, 0.05) is 19.8 Å². The summed E-state index contributed by atoms with van der Waals surface area (Å²) in [6, 6.07) is 8.36. The Labute approximate surface area is 74.0 Å². The third-order valence-electron chi connectivity index (χ3n) is 1.60. The number of nitrogens with zero attached hydrogens (tertiary/aromatic N) is 1. The zero-order valence-corrected chi connectivity index (χ0v) is 7.76. The predicted molar refractivity (Wildman–Crippen MR) is 56.2 cm³/mol. The SMILES string of the molecule is Bc1ccccc1N(C)C.O.O. The number of hydrogen-bond acceptors (Lipinski definition) is 1. The Morgan fingerprint density at radius 1 is 1.08 bits per heavy atom. The van der Waals surface area contributed by atoms with Crippen LogP contribution < -0.4 is 10.4 Å². The molecule has 0 spiro atoms. The third-order valence-corrected chi connectivity index (χ3v) is 1.60. The van der Waals surface area contributed by atoms with E-state index in [0.29, 0.717) is 0 Å². The molecule has 0 saturated carbocycles. The fourth-order valence-electron chi connectivity index (χ4n) is 1.07. The van der Waals surface area contributed by atoms with Crippen LogP contribution in [-0.4, -0.2) is 32.9 Å². The Kier molecular flexibility index (Phi) is 6.37. The van der Waals surface area contributed by atoms with E-state index < -0.39 is 0 Å². The zero-order chi connectivity index (χ0) is 7.56. The largest absolute Gasteiger partial charge is 0.412 e. The maximum Gasteiger partial charge on any atom is 0.142 e. The predicted octanol–water partition coefficient (Wildman–Crippen LogP) is -1.64. The first kappa shape index (κ1) is 13.6. The molecule has 0 aliphatic carbocycles. The number of anilines is 1. The molecule has 1 aromatic rings. The molecule has 4 heteroatoms. The highest BCUT2D eigenvalue weighted by molar-refractivity contribution is 6.35. The fraction of sp³-hybridized carbons (Fsp3) is 0.250. The summed E-state index contributed by atoms with van der Waals surface area (Å²) in [7, 11) is 6.24. The van der Waals surface area contributed by atoms with Crippen molar-refractivity contribution in [2.45, 2.75) is 0 Å². The zero-order valence-electron chi connectivity index (χ0n) is 7.76. The molecule has 0 unspecified atom stereocenters. The van der Waals surface area contributed by atoms with Crippen molar-refractivity contribution in [2.24, 2.45) is 0 Å². The van der Waals surface area contributed by atoms with Gasteiger partial charge in [0.05, 0.1) is 0 Å². The van der Waals surface area contributed by atoms with Gasteiger partial charge in [0.15, 0.2) is 0 Å². The van der Waals surface area contributed by atoms with E-state index in [1.807, 2.05) is 0 Å². The van der Waals surface area contributed by atoms with Crippen LogP contribution in [0.2, 0.25) is 0 Å². The Bertz CT molecular complexity index is 228. The number of para-hydroxylation sites is 1. The van der Waals surface area contributed by atoms with E-state index >= 15 is 0 Å². The molecule has 3 nitrogen and oxygen atoms in total. The highest BCUT2D eigenvalue weighted by Gasteiger charge is 1.95. The molecule has 0 radical (unpaired) electrons. The monoisotopic (exact) mass is 169 g/mol. The van der Waals surface area contributed by atoms with Crippen LogP contribution in [0.4, 0.5) is 5.69 Å². The smallest absolute Gasteiger partial charge is 0.142 e. The molecule has 0 saturated heterocycles. The lowest BCUT2D eigenvalue weighted by Gasteiger charge is -2.14. The molecule has 1 rings (SSSR count). The van der Waals surface area contributed by atoms with Crippen LogP contribution in [0.1, 0.15) is 0 Å². The maximum absolute atomic E-state index is 2.12. The van der Waals surface area contributed by atoms with E-state index in [4.69, 9.17) is 0 Å². The molecule has 0 aliphatic heterocycles. The Morgan fingerprint density at radius 2 is 1.58 bits per heavy atom. The number of hydrogen-bond donors (Lipinski definition) is 0. The summed E-state index contributed by atoms with van der Waals surface area (Å²) >= 11 is 0. The minimum Gasteiger partial charge on any atom is -0.412 e. The summed E-state index contributed by atoms with van der Waals surface area (Å²) in [5, 5.41) is 0. The Morgan fingerprint density at radius 3 is 1.92 bits per heavy atom. The minimum atomic E-state index is 0. The highest BCUT2D eigenvalue weighted by Crippen LogP contribution is 2.03. The van der Waals surface area contributed by atoms with Crippen molar-refractivity contribution in [3.63, 3.8) is 0 Å². The molecular formula is C8H16BNO2. The van der Waals surface area contributed by atoms with Crippen molar-refractivity contribution < 1.29 is 11.0 Å². The molecule has 0 heterocycles. The van der Waals surface area contributed by atoms with Gasteiger partial charge in [0.25, 0.3) is 0 Å². The van der Waals surface area contributed by atoms with E-state index in [0.717, 1.165) is 0 Å². The Balaban J connectivity index is 0. The van der Waals surface area contributed by atoms with Crippen molar-refractivity contribution in [3.05, 3.63) is 24.3 Å². The van der Waals surface area contributed by atoms with Crippen molar-refractivity contribution in [2.75, 3.05) is 19.0 Å². The van der Waals surface area contributed by atoms with Gasteiger partial charge in [-0.2, -0.15) is 0 Å².